The Labute approximate surface area is 98.2 Å². The van der Waals surface area contributed by atoms with Crippen LogP contribution in [-0.4, -0.2) is 28.3 Å². The Balaban J connectivity index is 2.37. The number of carboxylic acids is 1. The van der Waals surface area contributed by atoms with Crippen LogP contribution in [0.4, 0.5) is 4.79 Å². The van der Waals surface area contributed by atoms with E-state index in [2.05, 4.69) is 15.8 Å². The Kier molecular flexibility index (Phi) is 4.50. The smallest absolute Gasteiger partial charge is 0.326 e. The van der Waals surface area contributed by atoms with Crippen molar-refractivity contribution >= 4 is 12.0 Å². The first-order valence-electron chi connectivity index (χ1n) is 5.22. The van der Waals surface area contributed by atoms with Crippen LogP contribution in [0, 0.1) is 6.92 Å². The highest BCUT2D eigenvalue weighted by atomic mass is 16.5. The molecule has 1 heterocycles. The third-order valence-corrected chi connectivity index (χ3v) is 2.12. The van der Waals surface area contributed by atoms with E-state index in [0.29, 0.717) is 17.9 Å². The van der Waals surface area contributed by atoms with Gasteiger partial charge in [0, 0.05) is 6.07 Å². The monoisotopic (exact) mass is 241 g/mol. The highest BCUT2D eigenvalue weighted by Crippen LogP contribution is 2.00. The Morgan fingerprint density at radius 3 is 2.76 bits per heavy atom. The molecule has 0 aliphatic rings. The van der Waals surface area contributed by atoms with Crippen LogP contribution in [0.15, 0.2) is 10.6 Å². The minimum Gasteiger partial charge on any atom is -0.480 e. The van der Waals surface area contributed by atoms with Gasteiger partial charge in [0.05, 0.1) is 6.54 Å². The van der Waals surface area contributed by atoms with Gasteiger partial charge in [0.25, 0.3) is 0 Å². The molecule has 0 bridgehead atoms. The number of urea groups is 1. The van der Waals surface area contributed by atoms with Gasteiger partial charge in [-0.25, -0.2) is 9.59 Å². The van der Waals surface area contributed by atoms with Crippen molar-refractivity contribution in [2.75, 3.05) is 0 Å². The van der Waals surface area contributed by atoms with Crippen molar-refractivity contribution < 1.29 is 19.2 Å². The summed E-state index contributed by atoms with van der Waals surface area (Å²) in [5, 5.41) is 17.3. The first-order chi connectivity index (χ1) is 8.02. The van der Waals surface area contributed by atoms with Crippen molar-refractivity contribution in [2.24, 2.45) is 0 Å². The molecule has 7 heteroatoms. The summed E-state index contributed by atoms with van der Waals surface area (Å²) in [4.78, 5) is 22.0. The zero-order valence-electron chi connectivity index (χ0n) is 9.69. The summed E-state index contributed by atoms with van der Waals surface area (Å²) in [5.41, 5.74) is 0.584. The fraction of sp³-hybridized carbons (Fsp3) is 0.500. The van der Waals surface area contributed by atoms with Crippen molar-refractivity contribution in [1.82, 2.24) is 15.8 Å². The lowest BCUT2D eigenvalue weighted by Gasteiger charge is -2.12. The van der Waals surface area contributed by atoms with E-state index < -0.39 is 18.0 Å². The number of carbonyl (C=O) groups excluding carboxylic acids is 1. The van der Waals surface area contributed by atoms with E-state index in [1.54, 1.807) is 19.9 Å². The molecular formula is C10H15N3O4. The molecule has 3 N–H and O–H groups in total. The molecule has 1 aromatic rings. The summed E-state index contributed by atoms with van der Waals surface area (Å²) in [5.74, 6) is -0.404. The number of rotatable bonds is 5. The number of hydrogen-bond donors (Lipinski definition) is 3. The lowest BCUT2D eigenvalue weighted by atomic mass is 10.2. The topological polar surface area (TPSA) is 104 Å². The van der Waals surface area contributed by atoms with Gasteiger partial charge in [-0.1, -0.05) is 12.1 Å². The molecule has 1 aromatic heterocycles. The number of carboxylic acid groups (broad SMARTS) is 1. The van der Waals surface area contributed by atoms with Crippen molar-refractivity contribution in [3.63, 3.8) is 0 Å². The normalized spacial score (nSPS) is 11.9. The molecule has 0 aliphatic heterocycles. The molecule has 94 valence electrons. The van der Waals surface area contributed by atoms with Gasteiger partial charge in [0.1, 0.15) is 17.5 Å². The molecular weight excluding hydrogens is 226 g/mol. The number of aryl methyl sites for hydroxylation is 1. The highest BCUT2D eigenvalue weighted by molar-refractivity contribution is 5.82. The predicted molar refractivity (Wildman–Crippen MR) is 58.3 cm³/mol. The van der Waals surface area contributed by atoms with E-state index in [1.807, 2.05) is 0 Å². The maximum Gasteiger partial charge on any atom is 0.326 e. The molecule has 0 aliphatic carbocycles. The molecule has 0 spiro atoms. The maximum absolute atomic E-state index is 11.4. The Bertz CT molecular complexity index is 402. The number of hydrogen-bond acceptors (Lipinski definition) is 4. The molecule has 17 heavy (non-hydrogen) atoms. The van der Waals surface area contributed by atoms with Crippen LogP contribution >= 0.6 is 0 Å². The number of carbonyl (C=O) groups is 2. The van der Waals surface area contributed by atoms with Gasteiger partial charge in [-0.2, -0.15) is 0 Å². The first-order valence-corrected chi connectivity index (χ1v) is 5.22. The second-order valence-corrected chi connectivity index (χ2v) is 3.55. The van der Waals surface area contributed by atoms with E-state index >= 15 is 0 Å². The number of aromatic nitrogens is 1. The Morgan fingerprint density at radius 2 is 2.29 bits per heavy atom. The second-order valence-electron chi connectivity index (χ2n) is 3.55. The average molecular weight is 241 g/mol. The van der Waals surface area contributed by atoms with E-state index in [1.165, 1.54) is 0 Å². The molecule has 0 aromatic carbocycles. The quantitative estimate of drug-likeness (QED) is 0.701. The Morgan fingerprint density at radius 1 is 1.59 bits per heavy atom. The summed E-state index contributed by atoms with van der Waals surface area (Å²) in [7, 11) is 0. The van der Waals surface area contributed by atoms with Gasteiger partial charge in [0.2, 0.25) is 0 Å². The van der Waals surface area contributed by atoms with Crippen LogP contribution in [-0.2, 0) is 11.3 Å². The lowest BCUT2D eigenvalue weighted by Crippen LogP contribution is -2.45. The minimum atomic E-state index is -1.06. The fourth-order valence-electron chi connectivity index (χ4n) is 1.22. The number of amides is 2. The number of nitrogens with one attached hydrogen (secondary N) is 2. The molecule has 1 rings (SSSR count). The van der Waals surface area contributed by atoms with Crippen molar-refractivity contribution in [3.8, 4) is 0 Å². The molecule has 0 unspecified atom stereocenters. The van der Waals surface area contributed by atoms with Gasteiger partial charge in [-0.3, -0.25) is 0 Å². The second kappa shape index (κ2) is 5.88. The lowest BCUT2D eigenvalue weighted by molar-refractivity contribution is -0.139. The number of aliphatic carboxylic acids is 1. The van der Waals surface area contributed by atoms with Crippen LogP contribution in [0.3, 0.4) is 0 Å². The highest BCUT2D eigenvalue weighted by Gasteiger charge is 2.17. The Hall–Kier alpha value is -2.05. The van der Waals surface area contributed by atoms with Crippen LogP contribution in [0.5, 0.6) is 0 Å². The van der Waals surface area contributed by atoms with Gasteiger partial charge < -0.3 is 20.3 Å². The molecule has 7 nitrogen and oxygen atoms in total. The van der Waals surface area contributed by atoms with Gasteiger partial charge >= 0.3 is 12.0 Å². The van der Waals surface area contributed by atoms with Crippen molar-refractivity contribution in [3.05, 3.63) is 17.5 Å². The summed E-state index contributed by atoms with van der Waals surface area (Å²) >= 11 is 0. The standard InChI is InChI=1S/C10H15N3O4/c1-3-8(9(14)15)12-10(16)11-5-7-4-6(2)17-13-7/h4,8H,3,5H2,1-2H3,(H,14,15)(H2,11,12,16)/t8-/m0/s1. The van der Waals surface area contributed by atoms with E-state index in [9.17, 15) is 9.59 Å². The van der Waals surface area contributed by atoms with Gasteiger partial charge in [-0.05, 0) is 13.3 Å². The summed E-state index contributed by atoms with van der Waals surface area (Å²) in [6.45, 7) is 3.62. The van der Waals surface area contributed by atoms with Crippen LogP contribution < -0.4 is 10.6 Å². The zero-order chi connectivity index (χ0) is 12.8. The third kappa shape index (κ3) is 4.13. The molecule has 2 amide bonds. The van der Waals surface area contributed by atoms with E-state index in [4.69, 9.17) is 9.63 Å². The average Bonchev–Trinajstić information content (AvgIpc) is 2.68. The SMILES string of the molecule is CC[C@H](NC(=O)NCc1cc(C)on1)C(=O)O. The predicted octanol–water partition coefficient (Wildman–Crippen LogP) is 0.645. The fourth-order valence-corrected chi connectivity index (χ4v) is 1.22. The molecule has 1 atom stereocenters. The minimum absolute atomic E-state index is 0.194. The first kappa shape index (κ1) is 13.0. The van der Waals surface area contributed by atoms with E-state index in [0.717, 1.165) is 0 Å². The van der Waals surface area contributed by atoms with Crippen LogP contribution in [0.1, 0.15) is 24.8 Å². The van der Waals surface area contributed by atoms with Crippen molar-refractivity contribution in [2.45, 2.75) is 32.9 Å². The number of nitrogens with zero attached hydrogens (tertiary/aromatic N) is 1. The molecule has 0 fully saturated rings. The summed E-state index contributed by atoms with van der Waals surface area (Å²) < 4.78 is 4.82. The summed E-state index contributed by atoms with van der Waals surface area (Å²) in [6.07, 6.45) is 0.325. The zero-order valence-corrected chi connectivity index (χ0v) is 9.69. The van der Waals surface area contributed by atoms with Crippen LogP contribution in [0.25, 0.3) is 0 Å². The van der Waals surface area contributed by atoms with Crippen molar-refractivity contribution in [1.29, 1.82) is 0 Å². The molecule has 0 saturated carbocycles. The van der Waals surface area contributed by atoms with Crippen LogP contribution in [0.2, 0.25) is 0 Å². The third-order valence-electron chi connectivity index (χ3n) is 2.12. The molecule has 0 radical (unpaired) electrons. The largest absolute Gasteiger partial charge is 0.480 e. The maximum atomic E-state index is 11.4. The molecule has 0 saturated heterocycles. The summed E-state index contributed by atoms with van der Waals surface area (Å²) in [6, 6.07) is 0.267. The van der Waals surface area contributed by atoms with Gasteiger partial charge in [0.15, 0.2) is 0 Å². The van der Waals surface area contributed by atoms with E-state index in [-0.39, 0.29) is 6.54 Å². The van der Waals surface area contributed by atoms with Gasteiger partial charge in [-0.15, -0.1) is 0 Å².